The number of carbonyl (C=O) groups is 1. The number of carbonyl (C=O) groups excluding carboxylic acids is 1. The zero-order valence-electron chi connectivity index (χ0n) is 13.4. The fourth-order valence-electron chi connectivity index (χ4n) is 2.72. The van der Waals surface area contributed by atoms with Gasteiger partial charge in [-0.3, -0.25) is 4.79 Å². The first-order valence-corrected chi connectivity index (χ1v) is 8.51. The van der Waals surface area contributed by atoms with E-state index < -0.39 is 0 Å². The summed E-state index contributed by atoms with van der Waals surface area (Å²) in [7, 11) is 0. The minimum atomic E-state index is 0. The molecule has 6 heteroatoms. The van der Waals surface area contributed by atoms with Crippen molar-refractivity contribution >= 4 is 34.8 Å². The van der Waals surface area contributed by atoms with Crippen LogP contribution in [0.3, 0.4) is 0 Å². The molecule has 1 amide bonds. The van der Waals surface area contributed by atoms with Crippen LogP contribution in [0.1, 0.15) is 23.3 Å². The Labute approximate surface area is 147 Å². The van der Waals surface area contributed by atoms with Gasteiger partial charge in [-0.15, -0.1) is 23.7 Å². The smallest absolute Gasteiger partial charge is 0.229 e. The Morgan fingerprint density at radius 2 is 1.87 bits per heavy atom. The van der Waals surface area contributed by atoms with Crippen LogP contribution < -0.4 is 10.6 Å². The Balaban J connectivity index is 0.00000192. The van der Waals surface area contributed by atoms with E-state index in [9.17, 15) is 4.79 Å². The van der Waals surface area contributed by atoms with E-state index in [1.807, 2.05) is 6.92 Å². The van der Waals surface area contributed by atoms with Crippen LogP contribution in [0.2, 0.25) is 0 Å². The molecular weight excluding hydrogens is 330 g/mol. The van der Waals surface area contributed by atoms with Gasteiger partial charge in [-0.05, 0) is 39.8 Å². The predicted octanol–water partition coefficient (Wildman–Crippen LogP) is 3.79. The minimum absolute atomic E-state index is 0. The molecule has 3 rings (SSSR count). The highest BCUT2D eigenvalue weighted by molar-refractivity contribution is 7.16. The average Bonchev–Trinajstić information content (AvgIpc) is 2.89. The summed E-state index contributed by atoms with van der Waals surface area (Å²) in [5.41, 5.74) is 3.29. The Hall–Kier alpha value is -1.43. The molecule has 23 heavy (non-hydrogen) atoms. The van der Waals surface area contributed by atoms with E-state index in [0.29, 0.717) is 5.13 Å². The average molecular weight is 352 g/mol. The highest BCUT2D eigenvalue weighted by Gasteiger charge is 2.22. The summed E-state index contributed by atoms with van der Waals surface area (Å²) in [6.07, 6.45) is 1.81. The molecule has 124 valence electrons. The molecule has 0 unspecified atom stereocenters. The van der Waals surface area contributed by atoms with Crippen molar-refractivity contribution in [3.63, 3.8) is 0 Å². The standard InChI is InChI=1S/C17H21N3OS.ClH/c1-11-3-5-13(6-4-11)15-12(2)22-17(19-15)20-16(21)14-7-9-18-10-8-14;/h3-6,14,18H,7-10H2,1-2H3,(H,19,20,21);1H. The van der Waals surface area contributed by atoms with Crippen LogP contribution in [-0.4, -0.2) is 24.0 Å². The van der Waals surface area contributed by atoms with Crippen molar-refractivity contribution in [3.05, 3.63) is 34.7 Å². The number of rotatable bonds is 3. The van der Waals surface area contributed by atoms with E-state index >= 15 is 0 Å². The van der Waals surface area contributed by atoms with Crippen molar-refractivity contribution in [2.45, 2.75) is 26.7 Å². The summed E-state index contributed by atoms with van der Waals surface area (Å²) in [5.74, 6) is 0.207. The largest absolute Gasteiger partial charge is 0.317 e. The van der Waals surface area contributed by atoms with E-state index in [-0.39, 0.29) is 24.2 Å². The van der Waals surface area contributed by atoms with Crippen molar-refractivity contribution in [1.82, 2.24) is 10.3 Å². The quantitative estimate of drug-likeness (QED) is 0.884. The van der Waals surface area contributed by atoms with E-state index in [4.69, 9.17) is 0 Å². The lowest BCUT2D eigenvalue weighted by Gasteiger charge is -2.21. The second-order valence-electron chi connectivity index (χ2n) is 5.80. The van der Waals surface area contributed by atoms with Crippen molar-refractivity contribution in [3.8, 4) is 11.3 Å². The van der Waals surface area contributed by atoms with Gasteiger partial charge in [0.05, 0.1) is 5.69 Å². The van der Waals surface area contributed by atoms with Gasteiger partial charge in [-0.2, -0.15) is 0 Å². The summed E-state index contributed by atoms with van der Waals surface area (Å²) in [6.45, 7) is 5.96. The number of thiazole rings is 1. The Morgan fingerprint density at radius 3 is 2.52 bits per heavy atom. The van der Waals surface area contributed by atoms with Crippen LogP contribution >= 0.6 is 23.7 Å². The molecule has 1 aliphatic heterocycles. The molecule has 1 aromatic heterocycles. The fraction of sp³-hybridized carbons (Fsp3) is 0.412. The Morgan fingerprint density at radius 1 is 1.22 bits per heavy atom. The number of anilines is 1. The van der Waals surface area contributed by atoms with Crippen molar-refractivity contribution < 1.29 is 4.79 Å². The second-order valence-corrected chi connectivity index (χ2v) is 7.01. The first-order valence-electron chi connectivity index (χ1n) is 7.69. The maximum atomic E-state index is 12.3. The molecule has 0 radical (unpaired) electrons. The first-order chi connectivity index (χ1) is 10.6. The maximum Gasteiger partial charge on any atom is 0.229 e. The van der Waals surface area contributed by atoms with E-state index in [0.717, 1.165) is 42.1 Å². The number of halogens is 1. The third kappa shape index (κ3) is 4.31. The van der Waals surface area contributed by atoms with Gasteiger partial charge >= 0.3 is 0 Å². The zero-order chi connectivity index (χ0) is 15.5. The number of amides is 1. The molecule has 1 aliphatic rings. The molecule has 1 saturated heterocycles. The summed E-state index contributed by atoms with van der Waals surface area (Å²) in [6, 6.07) is 8.33. The number of hydrogen-bond donors (Lipinski definition) is 2. The molecule has 0 aliphatic carbocycles. The number of nitrogens with one attached hydrogen (secondary N) is 2. The van der Waals surface area contributed by atoms with Crippen LogP contribution in [0.4, 0.5) is 5.13 Å². The third-order valence-electron chi connectivity index (χ3n) is 4.06. The minimum Gasteiger partial charge on any atom is -0.317 e. The van der Waals surface area contributed by atoms with Gasteiger partial charge in [0.2, 0.25) is 5.91 Å². The highest BCUT2D eigenvalue weighted by Crippen LogP contribution is 2.31. The molecule has 4 nitrogen and oxygen atoms in total. The number of hydrogen-bond acceptors (Lipinski definition) is 4. The lowest BCUT2D eigenvalue weighted by atomic mass is 9.97. The van der Waals surface area contributed by atoms with E-state index in [1.54, 1.807) is 11.3 Å². The van der Waals surface area contributed by atoms with Crippen LogP contribution in [-0.2, 0) is 4.79 Å². The molecule has 1 aromatic carbocycles. The van der Waals surface area contributed by atoms with Gasteiger partial charge in [-0.1, -0.05) is 29.8 Å². The number of nitrogens with zero attached hydrogens (tertiary/aromatic N) is 1. The van der Waals surface area contributed by atoms with Gasteiger partial charge < -0.3 is 10.6 Å². The summed E-state index contributed by atoms with van der Waals surface area (Å²) < 4.78 is 0. The Kier molecular flexibility index (Phi) is 6.16. The maximum absolute atomic E-state index is 12.3. The lowest BCUT2D eigenvalue weighted by molar-refractivity contribution is -0.120. The molecule has 0 saturated carbocycles. The molecule has 0 spiro atoms. The molecule has 2 aromatic rings. The molecule has 0 atom stereocenters. The molecule has 2 heterocycles. The van der Waals surface area contributed by atoms with Gasteiger partial charge in [0.1, 0.15) is 0 Å². The van der Waals surface area contributed by atoms with Crippen LogP contribution in [0.5, 0.6) is 0 Å². The summed E-state index contributed by atoms with van der Waals surface area (Å²) in [4.78, 5) is 18.0. The molecule has 2 N–H and O–H groups in total. The first kappa shape index (κ1) is 17.9. The lowest BCUT2D eigenvalue weighted by Crippen LogP contribution is -2.34. The normalized spacial score (nSPS) is 15.0. The summed E-state index contributed by atoms with van der Waals surface area (Å²) in [5, 5.41) is 6.98. The zero-order valence-corrected chi connectivity index (χ0v) is 15.0. The van der Waals surface area contributed by atoms with E-state index in [2.05, 4.69) is 46.8 Å². The SMILES string of the molecule is Cc1ccc(-c2nc(NC(=O)C3CCNCC3)sc2C)cc1.Cl. The number of aryl methyl sites for hydroxylation is 2. The highest BCUT2D eigenvalue weighted by atomic mass is 35.5. The van der Waals surface area contributed by atoms with E-state index in [1.165, 1.54) is 5.56 Å². The van der Waals surface area contributed by atoms with Crippen molar-refractivity contribution in [1.29, 1.82) is 0 Å². The fourth-order valence-corrected chi connectivity index (χ4v) is 3.56. The third-order valence-corrected chi connectivity index (χ3v) is 4.95. The van der Waals surface area contributed by atoms with Crippen molar-refractivity contribution in [2.75, 3.05) is 18.4 Å². The predicted molar refractivity (Wildman–Crippen MR) is 98.5 cm³/mol. The van der Waals surface area contributed by atoms with Gasteiger partial charge in [0.15, 0.2) is 5.13 Å². The molecule has 0 bridgehead atoms. The topological polar surface area (TPSA) is 54.0 Å². The van der Waals surface area contributed by atoms with Crippen molar-refractivity contribution in [2.24, 2.45) is 5.92 Å². The Bertz CT molecular complexity index is 663. The van der Waals surface area contributed by atoms with Gasteiger partial charge in [-0.25, -0.2) is 4.98 Å². The second kappa shape index (κ2) is 7.90. The molecular formula is C17H22ClN3OS. The van der Waals surface area contributed by atoms with Gasteiger partial charge in [0, 0.05) is 16.4 Å². The monoisotopic (exact) mass is 351 g/mol. The number of piperidine rings is 1. The van der Waals surface area contributed by atoms with Crippen LogP contribution in [0.25, 0.3) is 11.3 Å². The number of benzene rings is 1. The van der Waals surface area contributed by atoms with Crippen LogP contribution in [0.15, 0.2) is 24.3 Å². The number of aromatic nitrogens is 1. The van der Waals surface area contributed by atoms with Crippen LogP contribution in [0, 0.1) is 19.8 Å². The summed E-state index contributed by atoms with van der Waals surface area (Å²) >= 11 is 1.55. The van der Waals surface area contributed by atoms with Gasteiger partial charge in [0.25, 0.3) is 0 Å². The molecule has 1 fully saturated rings.